The van der Waals surface area contributed by atoms with Crippen molar-refractivity contribution in [3.8, 4) is 0 Å². The SMILES string of the molecule is C=CC(=O)OCC[N+](C)(C)CCCCCCCCCCCCCCCCCC.C=CC(=O)OCC[N+](C)(C)CCCCCCCCCCCCCCCCCC.[Br-].[Cl-]. The molecule has 0 aromatic rings. The Balaban J connectivity index is -0.000000486. The molecule has 58 heavy (non-hydrogen) atoms. The summed E-state index contributed by atoms with van der Waals surface area (Å²) < 4.78 is 12.0. The molecule has 348 valence electrons. The first-order valence-corrected chi connectivity index (χ1v) is 24.3. The summed E-state index contributed by atoms with van der Waals surface area (Å²) in [6.07, 6.45) is 47.5. The lowest BCUT2D eigenvalue weighted by Gasteiger charge is -2.29. The van der Waals surface area contributed by atoms with Gasteiger partial charge in [0.1, 0.15) is 26.3 Å². The van der Waals surface area contributed by atoms with E-state index in [0.29, 0.717) is 13.2 Å². The van der Waals surface area contributed by atoms with Gasteiger partial charge < -0.3 is 47.8 Å². The molecule has 0 fully saturated rings. The van der Waals surface area contributed by atoms with Crippen molar-refractivity contribution in [2.24, 2.45) is 0 Å². The quantitative estimate of drug-likeness (QED) is 0.0269. The highest BCUT2D eigenvalue weighted by Gasteiger charge is 2.16. The maximum atomic E-state index is 11.1. The molecule has 0 heterocycles. The number of likely N-dealkylation sites (N-methyl/N-ethyl adjacent to an activating group) is 2. The molecule has 0 rings (SSSR count). The Hall–Kier alpha value is -0.890. The standard InChI is InChI=1S/2C25H50NO2.BrH.ClH/c2*1-5-7-8-9-10-11-12-13-14-15-16-17-18-19-20-21-22-26(3,4)23-24-28-25(27)6-2;;/h2*6H,2,5,7-24H2,1,3-4H3;2*1H/q2*+1;;/p-2. The Morgan fingerprint density at radius 2 is 0.569 bits per heavy atom. The molecule has 0 aliphatic carbocycles. The molecule has 0 saturated heterocycles. The highest BCUT2D eigenvalue weighted by Crippen LogP contribution is 2.16. The van der Waals surface area contributed by atoms with E-state index in [1.807, 2.05) is 0 Å². The number of nitrogens with zero attached hydrogens (tertiary/aromatic N) is 2. The van der Waals surface area contributed by atoms with E-state index in [9.17, 15) is 9.59 Å². The Labute approximate surface area is 379 Å². The third kappa shape index (κ3) is 53.1. The van der Waals surface area contributed by atoms with Gasteiger partial charge in [-0.3, -0.25) is 0 Å². The fourth-order valence-corrected chi connectivity index (χ4v) is 7.30. The molecule has 8 heteroatoms. The fraction of sp³-hybridized carbons (Fsp3) is 0.880. The van der Waals surface area contributed by atoms with Crippen LogP contribution in [0.2, 0.25) is 0 Å². The van der Waals surface area contributed by atoms with Crippen molar-refractivity contribution in [2.45, 2.75) is 219 Å². The monoisotopic (exact) mass is 907 g/mol. The first-order valence-electron chi connectivity index (χ1n) is 24.3. The summed E-state index contributed by atoms with van der Waals surface area (Å²) in [6.45, 7) is 16.4. The van der Waals surface area contributed by atoms with Crippen LogP contribution in [-0.4, -0.2) is 88.5 Å². The van der Waals surface area contributed by atoms with Gasteiger partial charge in [-0.05, 0) is 25.7 Å². The highest BCUT2D eigenvalue weighted by molar-refractivity contribution is 5.81. The number of halogens is 2. The molecule has 0 aliphatic heterocycles. The Morgan fingerprint density at radius 3 is 0.759 bits per heavy atom. The molecule has 0 saturated carbocycles. The molecule has 0 radical (unpaired) electrons. The molecule has 0 aromatic carbocycles. The summed E-state index contributed by atoms with van der Waals surface area (Å²) in [5.74, 6) is -0.634. The van der Waals surface area contributed by atoms with E-state index >= 15 is 0 Å². The van der Waals surface area contributed by atoms with Crippen LogP contribution >= 0.6 is 0 Å². The number of rotatable bonds is 42. The normalized spacial score (nSPS) is 11.1. The second kappa shape index (κ2) is 48.8. The zero-order valence-corrected chi connectivity index (χ0v) is 42.1. The van der Waals surface area contributed by atoms with Gasteiger partial charge in [-0.25, -0.2) is 9.59 Å². The number of ether oxygens (including phenoxy) is 2. The summed E-state index contributed by atoms with van der Waals surface area (Å²) >= 11 is 0. The van der Waals surface area contributed by atoms with Crippen LogP contribution in [-0.2, 0) is 19.1 Å². The van der Waals surface area contributed by atoms with Crippen LogP contribution in [0.1, 0.15) is 219 Å². The predicted octanol–water partition coefficient (Wildman–Crippen LogP) is 8.12. The van der Waals surface area contributed by atoms with Crippen molar-refractivity contribution in [1.29, 1.82) is 0 Å². The number of hydrogen-bond donors (Lipinski definition) is 0. The van der Waals surface area contributed by atoms with E-state index in [4.69, 9.17) is 9.47 Å². The smallest absolute Gasteiger partial charge is 0.330 e. The average molecular weight is 909 g/mol. The number of esters is 2. The van der Waals surface area contributed by atoms with Gasteiger partial charge in [-0.1, -0.05) is 207 Å². The maximum Gasteiger partial charge on any atom is 0.330 e. The Kier molecular flexibility index (Phi) is 53.6. The third-order valence-electron chi connectivity index (χ3n) is 11.4. The van der Waals surface area contributed by atoms with Crippen molar-refractivity contribution in [1.82, 2.24) is 0 Å². The third-order valence-corrected chi connectivity index (χ3v) is 11.4. The Bertz CT molecular complexity index is 816. The van der Waals surface area contributed by atoms with Gasteiger partial charge in [-0.15, -0.1) is 0 Å². The van der Waals surface area contributed by atoms with Crippen molar-refractivity contribution in [3.63, 3.8) is 0 Å². The summed E-state index contributed by atoms with van der Waals surface area (Å²) in [7, 11) is 8.86. The van der Waals surface area contributed by atoms with Crippen LogP contribution in [0.4, 0.5) is 0 Å². The predicted molar refractivity (Wildman–Crippen MR) is 245 cm³/mol. The zero-order chi connectivity index (χ0) is 41.9. The molecular formula is C50H100BrClN2O4. The van der Waals surface area contributed by atoms with E-state index in [-0.39, 0.29) is 41.3 Å². The molecule has 0 bridgehead atoms. The number of carbonyl (C=O) groups excluding carboxylic acids is 2. The van der Waals surface area contributed by atoms with Gasteiger partial charge in [0.25, 0.3) is 0 Å². The van der Waals surface area contributed by atoms with Crippen LogP contribution in [0, 0.1) is 0 Å². The number of quaternary nitrogens is 2. The molecule has 0 atom stereocenters. The van der Waals surface area contributed by atoms with E-state index in [2.05, 4.69) is 55.2 Å². The second-order valence-corrected chi connectivity index (χ2v) is 18.1. The molecule has 0 aromatic heterocycles. The van der Waals surface area contributed by atoms with Gasteiger partial charge in [0, 0.05) is 12.2 Å². The average Bonchev–Trinajstić information content (AvgIpc) is 3.17. The first kappa shape index (κ1) is 63.7. The number of carbonyl (C=O) groups is 2. The maximum absolute atomic E-state index is 11.1. The van der Waals surface area contributed by atoms with Gasteiger partial charge in [0.05, 0.1) is 41.3 Å². The van der Waals surface area contributed by atoms with Gasteiger partial charge in [0.15, 0.2) is 0 Å². The van der Waals surface area contributed by atoms with E-state index in [1.54, 1.807) is 0 Å². The van der Waals surface area contributed by atoms with Gasteiger partial charge in [-0.2, -0.15) is 0 Å². The number of unbranched alkanes of at least 4 members (excludes halogenated alkanes) is 30. The number of hydrogen-bond acceptors (Lipinski definition) is 4. The molecule has 0 amide bonds. The minimum atomic E-state index is -0.317. The highest BCUT2D eigenvalue weighted by atomic mass is 79.9. The lowest BCUT2D eigenvalue weighted by molar-refractivity contribution is -0.890. The molecule has 0 N–H and O–H groups in total. The molecule has 6 nitrogen and oxygen atoms in total. The second-order valence-electron chi connectivity index (χ2n) is 18.1. The van der Waals surface area contributed by atoms with Crippen LogP contribution in [0.15, 0.2) is 25.3 Å². The minimum Gasteiger partial charge on any atom is -1.00 e. The van der Waals surface area contributed by atoms with E-state index in [1.165, 1.54) is 218 Å². The largest absolute Gasteiger partial charge is 1.00 e. The van der Waals surface area contributed by atoms with Crippen LogP contribution < -0.4 is 29.4 Å². The topological polar surface area (TPSA) is 52.6 Å². The fourth-order valence-electron chi connectivity index (χ4n) is 7.30. The lowest BCUT2D eigenvalue weighted by Crippen LogP contribution is -3.00. The summed E-state index contributed by atoms with van der Waals surface area (Å²) in [5.41, 5.74) is 0. The summed E-state index contributed by atoms with van der Waals surface area (Å²) in [4.78, 5) is 22.1. The van der Waals surface area contributed by atoms with Crippen molar-refractivity contribution in [2.75, 3.05) is 67.6 Å². The van der Waals surface area contributed by atoms with Crippen LogP contribution in [0.5, 0.6) is 0 Å². The first-order chi connectivity index (χ1) is 27.0. The van der Waals surface area contributed by atoms with E-state index in [0.717, 1.165) is 35.1 Å². The lowest BCUT2D eigenvalue weighted by atomic mass is 10.0. The molecule has 0 spiro atoms. The molecule has 0 aliphatic rings. The van der Waals surface area contributed by atoms with Gasteiger partial charge in [0.2, 0.25) is 0 Å². The summed E-state index contributed by atoms with van der Waals surface area (Å²) in [5, 5.41) is 0. The minimum absolute atomic E-state index is 0. The molecule has 0 unspecified atom stereocenters. The van der Waals surface area contributed by atoms with E-state index < -0.39 is 0 Å². The molecular weight excluding hydrogens is 808 g/mol. The summed E-state index contributed by atoms with van der Waals surface area (Å²) in [6, 6.07) is 0. The van der Waals surface area contributed by atoms with Crippen LogP contribution in [0.3, 0.4) is 0 Å². The van der Waals surface area contributed by atoms with Gasteiger partial charge >= 0.3 is 11.9 Å². The van der Waals surface area contributed by atoms with Crippen molar-refractivity contribution < 1.29 is 57.4 Å². The van der Waals surface area contributed by atoms with Crippen molar-refractivity contribution >= 4 is 11.9 Å². The van der Waals surface area contributed by atoms with Crippen molar-refractivity contribution in [3.05, 3.63) is 25.3 Å². The van der Waals surface area contributed by atoms with Crippen LogP contribution in [0.25, 0.3) is 0 Å². The zero-order valence-electron chi connectivity index (χ0n) is 39.7. The Morgan fingerprint density at radius 1 is 0.379 bits per heavy atom.